The number of amides is 1. The van der Waals surface area contributed by atoms with Crippen molar-refractivity contribution < 1.29 is 4.79 Å². The predicted octanol–water partition coefficient (Wildman–Crippen LogP) is 1.53. The van der Waals surface area contributed by atoms with Gasteiger partial charge in [-0.3, -0.25) is 9.69 Å². The zero-order valence-electron chi connectivity index (χ0n) is 10.5. The molecule has 0 aromatic heterocycles. The van der Waals surface area contributed by atoms with Crippen molar-refractivity contribution in [2.24, 2.45) is 5.73 Å². The quantitative estimate of drug-likeness (QED) is 0.836. The molecule has 1 aromatic carbocycles. The maximum atomic E-state index is 10.8. The van der Waals surface area contributed by atoms with Gasteiger partial charge in [0.25, 0.3) is 0 Å². The number of rotatable bonds is 4. The first-order valence-electron chi connectivity index (χ1n) is 5.43. The summed E-state index contributed by atoms with van der Waals surface area (Å²) in [4.78, 5) is 12.7. The van der Waals surface area contributed by atoms with E-state index in [0.717, 1.165) is 6.54 Å². The molecule has 1 rings (SSSR count). The van der Waals surface area contributed by atoms with E-state index in [0.29, 0.717) is 6.54 Å². The Morgan fingerprint density at radius 3 is 2.19 bits per heavy atom. The molecule has 88 valence electrons. The number of hydrogen-bond acceptors (Lipinski definition) is 2. The standard InChI is InChI=1S/C13H20N2O/c1-9-5-10(2)12(11(3)6-9)7-15(4)8-13(14)16/h5-6H,7-8H2,1-4H3,(H2,14,16). The fraction of sp³-hybridized carbons (Fsp3) is 0.462. The molecule has 1 aromatic rings. The smallest absolute Gasteiger partial charge is 0.231 e. The number of aryl methyl sites for hydroxylation is 3. The lowest BCUT2D eigenvalue weighted by molar-refractivity contribution is -0.118. The highest BCUT2D eigenvalue weighted by Crippen LogP contribution is 2.17. The summed E-state index contributed by atoms with van der Waals surface area (Å²) in [5.74, 6) is -0.287. The van der Waals surface area contributed by atoms with Gasteiger partial charge in [0.2, 0.25) is 5.91 Å². The van der Waals surface area contributed by atoms with E-state index in [2.05, 4.69) is 32.9 Å². The molecule has 0 radical (unpaired) electrons. The fourth-order valence-electron chi connectivity index (χ4n) is 2.05. The molecule has 0 aliphatic carbocycles. The summed E-state index contributed by atoms with van der Waals surface area (Å²) in [6.07, 6.45) is 0. The van der Waals surface area contributed by atoms with Crippen LogP contribution in [-0.2, 0) is 11.3 Å². The van der Waals surface area contributed by atoms with Gasteiger partial charge >= 0.3 is 0 Å². The van der Waals surface area contributed by atoms with Crippen molar-refractivity contribution in [3.63, 3.8) is 0 Å². The number of likely N-dealkylation sites (N-methyl/N-ethyl adjacent to an activating group) is 1. The van der Waals surface area contributed by atoms with Crippen LogP contribution in [-0.4, -0.2) is 24.4 Å². The molecule has 0 unspecified atom stereocenters. The van der Waals surface area contributed by atoms with E-state index in [4.69, 9.17) is 5.73 Å². The zero-order chi connectivity index (χ0) is 12.3. The third kappa shape index (κ3) is 3.35. The molecule has 0 aliphatic heterocycles. The van der Waals surface area contributed by atoms with Crippen LogP contribution in [0.15, 0.2) is 12.1 Å². The molecule has 0 fully saturated rings. The number of primary amides is 1. The molecule has 3 nitrogen and oxygen atoms in total. The molecule has 3 heteroatoms. The Balaban J connectivity index is 2.85. The van der Waals surface area contributed by atoms with Crippen LogP contribution >= 0.6 is 0 Å². The van der Waals surface area contributed by atoms with Crippen LogP contribution in [0.25, 0.3) is 0 Å². The third-order valence-electron chi connectivity index (χ3n) is 2.69. The maximum absolute atomic E-state index is 10.8. The van der Waals surface area contributed by atoms with Gasteiger partial charge in [-0.05, 0) is 44.5 Å². The Bertz CT molecular complexity index is 376. The molecule has 0 aliphatic rings. The maximum Gasteiger partial charge on any atom is 0.231 e. The topological polar surface area (TPSA) is 46.3 Å². The van der Waals surface area contributed by atoms with Gasteiger partial charge in [0.05, 0.1) is 6.54 Å². The average molecular weight is 220 g/mol. The third-order valence-corrected chi connectivity index (χ3v) is 2.69. The fourth-order valence-corrected chi connectivity index (χ4v) is 2.05. The summed E-state index contributed by atoms with van der Waals surface area (Å²) in [5.41, 5.74) is 10.3. The van der Waals surface area contributed by atoms with E-state index in [1.807, 2.05) is 11.9 Å². The van der Waals surface area contributed by atoms with Gasteiger partial charge in [0.1, 0.15) is 0 Å². The molecule has 0 saturated heterocycles. The van der Waals surface area contributed by atoms with E-state index < -0.39 is 0 Å². The molecule has 0 bridgehead atoms. The first-order chi connectivity index (χ1) is 7.40. The Labute approximate surface area is 97.2 Å². The van der Waals surface area contributed by atoms with Crippen molar-refractivity contribution in [3.05, 3.63) is 34.4 Å². The van der Waals surface area contributed by atoms with Crippen molar-refractivity contribution in [2.45, 2.75) is 27.3 Å². The van der Waals surface area contributed by atoms with Crippen LogP contribution in [0, 0.1) is 20.8 Å². The SMILES string of the molecule is Cc1cc(C)c(CN(C)CC(N)=O)c(C)c1. The lowest BCUT2D eigenvalue weighted by Gasteiger charge is -2.18. The molecule has 2 N–H and O–H groups in total. The van der Waals surface area contributed by atoms with Gasteiger partial charge in [-0.2, -0.15) is 0 Å². The van der Waals surface area contributed by atoms with Crippen molar-refractivity contribution in [1.29, 1.82) is 0 Å². The molecule has 0 heterocycles. The second-order valence-electron chi connectivity index (χ2n) is 4.52. The van der Waals surface area contributed by atoms with Gasteiger partial charge in [0, 0.05) is 6.54 Å². The number of benzene rings is 1. The highest BCUT2D eigenvalue weighted by molar-refractivity contribution is 5.75. The normalized spacial score (nSPS) is 10.8. The molecule has 16 heavy (non-hydrogen) atoms. The van der Waals surface area contributed by atoms with E-state index >= 15 is 0 Å². The van der Waals surface area contributed by atoms with Gasteiger partial charge in [-0.1, -0.05) is 17.7 Å². The minimum atomic E-state index is -0.287. The Kier molecular flexibility index (Phi) is 4.07. The van der Waals surface area contributed by atoms with Gasteiger partial charge in [0.15, 0.2) is 0 Å². The molecule has 0 saturated carbocycles. The highest BCUT2D eigenvalue weighted by atomic mass is 16.1. The number of nitrogens with zero attached hydrogens (tertiary/aromatic N) is 1. The number of nitrogens with two attached hydrogens (primary N) is 1. The summed E-state index contributed by atoms with van der Waals surface area (Å²) < 4.78 is 0. The van der Waals surface area contributed by atoms with E-state index in [9.17, 15) is 4.79 Å². The Hall–Kier alpha value is -1.35. The lowest BCUT2D eigenvalue weighted by atomic mass is 9.99. The summed E-state index contributed by atoms with van der Waals surface area (Å²) in [6, 6.07) is 4.33. The summed E-state index contributed by atoms with van der Waals surface area (Å²) in [7, 11) is 1.91. The minimum Gasteiger partial charge on any atom is -0.369 e. The number of carbonyl (C=O) groups is 1. The second kappa shape index (κ2) is 5.12. The van der Waals surface area contributed by atoms with Gasteiger partial charge in [-0.15, -0.1) is 0 Å². The van der Waals surface area contributed by atoms with Gasteiger partial charge < -0.3 is 5.73 Å². The zero-order valence-corrected chi connectivity index (χ0v) is 10.5. The first kappa shape index (κ1) is 12.7. The van der Waals surface area contributed by atoms with Crippen molar-refractivity contribution >= 4 is 5.91 Å². The highest BCUT2D eigenvalue weighted by Gasteiger charge is 2.08. The Morgan fingerprint density at radius 2 is 1.75 bits per heavy atom. The monoisotopic (exact) mass is 220 g/mol. The number of carbonyl (C=O) groups excluding carboxylic acids is 1. The summed E-state index contributed by atoms with van der Waals surface area (Å²) >= 11 is 0. The van der Waals surface area contributed by atoms with E-state index in [-0.39, 0.29) is 5.91 Å². The van der Waals surface area contributed by atoms with Crippen LogP contribution in [0.2, 0.25) is 0 Å². The molecular formula is C13H20N2O. The molecule has 1 amide bonds. The van der Waals surface area contributed by atoms with E-state index in [1.165, 1.54) is 22.3 Å². The van der Waals surface area contributed by atoms with Crippen LogP contribution in [0.5, 0.6) is 0 Å². The Morgan fingerprint density at radius 1 is 1.25 bits per heavy atom. The van der Waals surface area contributed by atoms with Crippen LogP contribution in [0.1, 0.15) is 22.3 Å². The summed E-state index contributed by atoms with van der Waals surface area (Å²) in [6.45, 7) is 7.37. The van der Waals surface area contributed by atoms with Crippen molar-refractivity contribution in [2.75, 3.05) is 13.6 Å². The molecular weight excluding hydrogens is 200 g/mol. The van der Waals surface area contributed by atoms with Gasteiger partial charge in [-0.25, -0.2) is 0 Å². The van der Waals surface area contributed by atoms with E-state index in [1.54, 1.807) is 0 Å². The van der Waals surface area contributed by atoms with Crippen LogP contribution < -0.4 is 5.73 Å². The largest absolute Gasteiger partial charge is 0.369 e. The van der Waals surface area contributed by atoms with Crippen LogP contribution in [0.3, 0.4) is 0 Å². The molecule has 0 atom stereocenters. The number of hydrogen-bond donors (Lipinski definition) is 1. The second-order valence-corrected chi connectivity index (χ2v) is 4.52. The molecule has 0 spiro atoms. The van der Waals surface area contributed by atoms with Crippen molar-refractivity contribution in [3.8, 4) is 0 Å². The summed E-state index contributed by atoms with van der Waals surface area (Å²) in [5, 5.41) is 0. The predicted molar refractivity (Wildman–Crippen MR) is 66.2 cm³/mol. The first-order valence-corrected chi connectivity index (χ1v) is 5.43. The van der Waals surface area contributed by atoms with Crippen molar-refractivity contribution in [1.82, 2.24) is 4.90 Å². The minimum absolute atomic E-state index is 0.287. The van der Waals surface area contributed by atoms with Crippen LogP contribution in [0.4, 0.5) is 0 Å². The average Bonchev–Trinajstić information content (AvgIpc) is 2.09. The lowest BCUT2D eigenvalue weighted by Crippen LogP contribution is -2.30.